The molecule has 0 heterocycles. The molecule has 0 aromatic heterocycles. The fourth-order valence-corrected chi connectivity index (χ4v) is 1.35. The summed E-state index contributed by atoms with van der Waals surface area (Å²) in [6.07, 6.45) is -1.02. The Morgan fingerprint density at radius 1 is 1.30 bits per heavy atom. The average molecular weight is 281 g/mol. The highest BCUT2D eigenvalue weighted by Crippen LogP contribution is 2.24. The van der Waals surface area contributed by atoms with Gasteiger partial charge in [0.25, 0.3) is 5.91 Å². The fraction of sp³-hybridized carbons (Fsp3) is 0.250. The van der Waals surface area contributed by atoms with E-state index in [0.717, 1.165) is 0 Å². The summed E-state index contributed by atoms with van der Waals surface area (Å²) in [5.41, 5.74) is 11.0. The Morgan fingerprint density at radius 2 is 1.95 bits per heavy atom. The first-order valence-corrected chi connectivity index (χ1v) is 5.60. The molecule has 1 aromatic carbocycles. The van der Waals surface area contributed by atoms with E-state index in [1.165, 1.54) is 32.2 Å². The minimum atomic E-state index is -1.02. The lowest BCUT2D eigenvalue weighted by Gasteiger charge is -2.15. The molecule has 1 aromatic rings. The Hall–Kier alpha value is -2.77. The largest absolute Gasteiger partial charge is 0.479 e. The summed E-state index contributed by atoms with van der Waals surface area (Å²) in [5, 5.41) is 1.87. The number of methoxy groups -OCH3 is 1. The number of amides is 3. The minimum absolute atomic E-state index is 0.125. The quantitative estimate of drug-likeness (QED) is 0.526. The van der Waals surface area contributed by atoms with Gasteiger partial charge < -0.3 is 20.9 Å². The molecule has 1 unspecified atom stereocenters. The lowest BCUT2D eigenvalue weighted by Crippen LogP contribution is -2.42. The van der Waals surface area contributed by atoms with Crippen LogP contribution in [0.25, 0.3) is 0 Å². The van der Waals surface area contributed by atoms with Crippen molar-refractivity contribution in [3.8, 4) is 5.75 Å². The van der Waals surface area contributed by atoms with E-state index in [4.69, 9.17) is 16.2 Å². The van der Waals surface area contributed by atoms with Crippen LogP contribution in [0.1, 0.15) is 17.3 Å². The number of ether oxygens (including phenoxy) is 2. The normalized spacial score (nSPS) is 11.3. The molecule has 1 rings (SSSR count). The second-order valence-corrected chi connectivity index (χ2v) is 3.86. The number of hydrogen-bond donors (Lipinski definition) is 3. The molecule has 1 atom stereocenters. The van der Waals surface area contributed by atoms with Crippen LogP contribution < -0.4 is 21.5 Å². The van der Waals surface area contributed by atoms with Gasteiger partial charge in [-0.1, -0.05) is 0 Å². The van der Waals surface area contributed by atoms with Gasteiger partial charge in [0, 0.05) is 0 Å². The lowest BCUT2D eigenvalue weighted by molar-refractivity contribution is -0.126. The van der Waals surface area contributed by atoms with Crippen molar-refractivity contribution in [1.29, 1.82) is 0 Å². The summed E-state index contributed by atoms with van der Waals surface area (Å²) in [6.45, 7) is 1.41. The third-order valence-electron chi connectivity index (χ3n) is 2.35. The highest BCUT2D eigenvalue weighted by molar-refractivity contribution is 5.96. The van der Waals surface area contributed by atoms with Crippen molar-refractivity contribution in [2.45, 2.75) is 13.0 Å². The maximum atomic E-state index is 11.5. The van der Waals surface area contributed by atoms with Crippen molar-refractivity contribution in [2.75, 3.05) is 12.8 Å². The molecule has 0 aliphatic carbocycles. The van der Waals surface area contributed by atoms with Crippen LogP contribution in [0.4, 0.5) is 10.5 Å². The van der Waals surface area contributed by atoms with Gasteiger partial charge in [0.1, 0.15) is 5.75 Å². The third kappa shape index (κ3) is 3.87. The molecule has 0 bridgehead atoms. The van der Waals surface area contributed by atoms with Crippen LogP contribution in [0.15, 0.2) is 18.2 Å². The van der Waals surface area contributed by atoms with Gasteiger partial charge in [0.05, 0.1) is 18.4 Å². The van der Waals surface area contributed by atoms with Crippen LogP contribution >= 0.6 is 0 Å². The first kappa shape index (κ1) is 15.3. The van der Waals surface area contributed by atoms with Gasteiger partial charge in [-0.05, 0) is 25.1 Å². The summed E-state index contributed by atoms with van der Waals surface area (Å²) in [7, 11) is 1.24. The van der Waals surface area contributed by atoms with E-state index in [1.54, 1.807) is 0 Å². The molecule has 0 radical (unpaired) electrons. The van der Waals surface area contributed by atoms with E-state index in [-0.39, 0.29) is 17.0 Å². The highest BCUT2D eigenvalue weighted by Gasteiger charge is 2.18. The predicted molar refractivity (Wildman–Crippen MR) is 70.0 cm³/mol. The van der Waals surface area contributed by atoms with Crippen LogP contribution in [0, 0.1) is 0 Å². The van der Waals surface area contributed by atoms with Crippen LogP contribution in [0.5, 0.6) is 5.75 Å². The second-order valence-electron chi connectivity index (χ2n) is 3.86. The van der Waals surface area contributed by atoms with Crippen molar-refractivity contribution in [2.24, 2.45) is 5.73 Å². The first-order chi connectivity index (χ1) is 9.35. The number of hydrogen-bond acceptors (Lipinski definition) is 6. The molecule has 0 aliphatic rings. The standard InChI is InChI=1S/C12H15N3O5/c1-6(10(16)15-12(14)18)20-9-5-7(11(17)19-2)3-4-8(9)13/h3-6H,13H2,1-2H3,(H3,14,15,16,18). The van der Waals surface area contributed by atoms with E-state index < -0.39 is 24.0 Å². The molecule has 0 fully saturated rings. The summed E-state index contributed by atoms with van der Waals surface area (Å²) < 4.78 is 9.85. The van der Waals surface area contributed by atoms with E-state index in [9.17, 15) is 14.4 Å². The number of nitrogens with one attached hydrogen (secondary N) is 1. The van der Waals surface area contributed by atoms with Crippen molar-refractivity contribution < 1.29 is 23.9 Å². The number of rotatable bonds is 4. The number of nitrogen functional groups attached to an aromatic ring is 1. The maximum Gasteiger partial charge on any atom is 0.337 e. The topological polar surface area (TPSA) is 134 Å². The summed E-state index contributed by atoms with van der Waals surface area (Å²) in [4.78, 5) is 33.4. The number of carbonyl (C=O) groups is 3. The molecular formula is C12H15N3O5. The van der Waals surface area contributed by atoms with Gasteiger partial charge in [-0.25, -0.2) is 9.59 Å². The predicted octanol–water partition coefficient (Wildman–Crippen LogP) is 0.0176. The van der Waals surface area contributed by atoms with Gasteiger partial charge in [0.15, 0.2) is 6.10 Å². The molecule has 8 heteroatoms. The zero-order valence-electron chi connectivity index (χ0n) is 11.0. The number of primary amides is 1. The molecule has 0 saturated heterocycles. The Morgan fingerprint density at radius 3 is 2.50 bits per heavy atom. The zero-order chi connectivity index (χ0) is 15.3. The average Bonchev–Trinajstić information content (AvgIpc) is 2.39. The molecule has 0 aliphatic heterocycles. The highest BCUT2D eigenvalue weighted by atomic mass is 16.5. The van der Waals surface area contributed by atoms with Gasteiger partial charge in [-0.3, -0.25) is 10.1 Å². The molecule has 8 nitrogen and oxygen atoms in total. The summed E-state index contributed by atoms with van der Waals surface area (Å²) in [5.74, 6) is -1.16. The molecule has 20 heavy (non-hydrogen) atoms. The van der Waals surface area contributed by atoms with E-state index in [1.807, 2.05) is 5.32 Å². The second kappa shape index (κ2) is 6.41. The molecule has 5 N–H and O–H groups in total. The van der Waals surface area contributed by atoms with Crippen LogP contribution in [-0.2, 0) is 9.53 Å². The zero-order valence-corrected chi connectivity index (χ0v) is 11.0. The summed E-state index contributed by atoms with van der Waals surface area (Å²) >= 11 is 0. The van der Waals surface area contributed by atoms with E-state index >= 15 is 0 Å². The first-order valence-electron chi connectivity index (χ1n) is 5.60. The van der Waals surface area contributed by atoms with Gasteiger partial charge in [-0.15, -0.1) is 0 Å². The smallest absolute Gasteiger partial charge is 0.337 e. The van der Waals surface area contributed by atoms with Gasteiger partial charge in [-0.2, -0.15) is 0 Å². The van der Waals surface area contributed by atoms with Crippen molar-refractivity contribution in [1.82, 2.24) is 5.32 Å². The Bertz CT molecular complexity index is 544. The van der Waals surface area contributed by atoms with Crippen molar-refractivity contribution in [3.05, 3.63) is 23.8 Å². The number of urea groups is 1. The van der Waals surface area contributed by atoms with Crippen LogP contribution in [0.3, 0.4) is 0 Å². The van der Waals surface area contributed by atoms with Crippen LogP contribution in [0.2, 0.25) is 0 Å². The summed E-state index contributed by atoms with van der Waals surface area (Å²) in [6, 6.07) is 3.26. The molecular weight excluding hydrogens is 266 g/mol. The van der Waals surface area contributed by atoms with Crippen molar-refractivity contribution >= 4 is 23.6 Å². The number of esters is 1. The molecule has 0 saturated carbocycles. The van der Waals surface area contributed by atoms with Crippen LogP contribution in [-0.4, -0.2) is 31.1 Å². The molecule has 0 spiro atoms. The number of carbonyl (C=O) groups excluding carboxylic acids is 3. The van der Waals surface area contributed by atoms with Gasteiger partial charge >= 0.3 is 12.0 Å². The van der Waals surface area contributed by atoms with E-state index in [2.05, 4.69) is 4.74 Å². The number of benzene rings is 1. The monoisotopic (exact) mass is 281 g/mol. The maximum absolute atomic E-state index is 11.5. The lowest BCUT2D eigenvalue weighted by atomic mass is 10.2. The Balaban J connectivity index is 2.88. The Labute approximate surface area is 115 Å². The number of imide groups is 1. The number of anilines is 1. The van der Waals surface area contributed by atoms with Crippen molar-refractivity contribution in [3.63, 3.8) is 0 Å². The minimum Gasteiger partial charge on any atom is -0.479 e. The van der Waals surface area contributed by atoms with Gasteiger partial charge in [0.2, 0.25) is 0 Å². The molecule has 108 valence electrons. The SMILES string of the molecule is COC(=O)c1ccc(N)c(OC(C)C(=O)NC(N)=O)c1. The van der Waals surface area contributed by atoms with E-state index in [0.29, 0.717) is 0 Å². The Kier molecular flexibility index (Phi) is 4.90. The third-order valence-corrected chi connectivity index (χ3v) is 2.35. The fourth-order valence-electron chi connectivity index (χ4n) is 1.35. The molecule has 3 amide bonds. The number of nitrogens with two attached hydrogens (primary N) is 2.